The van der Waals surface area contributed by atoms with E-state index in [9.17, 15) is 0 Å². The number of imidazole rings is 1. The maximum absolute atomic E-state index is 6.73. The third kappa shape index (κ3) is 2.88. The van der Waals surface area contributed by atoms with Gasteiger partial charge in [0.25, 0.3) is 0 Å². The first-order valence-electron chi connectivity index (χ1n) is 14.1. The molecule has 5 aromatic heterocycles. The molecule has 0 unspecified atom stereocenters. The van der Waals surface area contributed by atoms with Crippen molar-refractivity contribution in [1.29, 1.82) is 0 Å². The van der Waals surface area contributed by atoms with E-state index in [1.807, 2.05) is 35.7 Å². The molecule has 0 spiro atoms. The Morgan fingerprint density at radius 1 is 0.667 bits per heavy atom. The van der Waals surface area contributed by atoms with E-state index in [0.717, 1.165) is 50.0 Å². The number of para-hydroxylation sites is 2. The minimum Gasteiger partial charge on any atom is -0.455 e. The molecule has 5 heteroatoms. The Morgan fingerprint density at radius 2 is 1.48 bits per heavy atom. The smallest absolute Gasteiger partial charge is 0.146 e. The summed E-state index contributed by atoms with van der Waals surface area (Å²) in [6.07, 6.45) is 4.14. The lowest BCUT2D eigenvalue weighted by Gasteiger charge is -2.11. The molecule has 10 aromatic rings. The number of fused-ring (bicyclic) bond motifs is 13. The fraction of sp³-hybridized carbons (Fsp3) is 0. The molecule has 10 rings (SSSR count). The van der Waals surface area contributed by atoms with E-state index in [4.69, 9.17) is 9.40 Å². The summed E-state index contributed by atoms with van der Waals surface area (Å²) in [5.41, 5.74) is 8.29. The minimum absolute atomic E-state index is 0.921. The van der Waals surface area contributed by atoms with Gasteiger partial charge >= 0.3 is 0 Å². The Bertz CT molecular complexity index is 2640. The monoisotopic (exact) mass is 555 g/mol. The molecular formula is C37H21N3OS. The van der Waals surface area contributed by atoms with Crippen molar-refractivity contribution in [1.82, 2.24) is 14.0 Å². The Balaban J connectivity index is 1.41. The van der Waals surface area contributed by atoms with Crippen molar-refractivity contribution in [3.63, 3.8) is 0 Å². The number of benzene rings is 5. The van der Waals surface area contributed by atoms with E-state index in [-0.39, 0.29) is 0 Å². The molecular weight excluding hydrogens is 534 g/mol. The van der Waals surface area contributed by atoms with Crippen LogP contribution in [-0.4, -0.2) is 14.0 Å². The number of pyridine rings is 1. The van der Waals surface area contributed by atoms with E-state index in [1.54, 1.807) is 0 Å². The summed E-state index contributed by atoms with van der Waals surface area (Å²) in [7, 11) is 0. The number of rotatable bonds is 2. The number of hydrogen-bond acceptors (Lipinski definition) is 3. The SMILES string of the molecule is c1cc(-c2cn3ccccc3n2)cc(-n2c3ccccc3c3c4oc5ccccc5c4c4sc5ccccc5c4c32)c1. The molecule has 196 valence electrons. The molecule has 0 bridgehead atoms. The molecule has 0 aliphatic carbocycles. The van der Waals surface area contributed by atoms with Gasteiger partial charge in [-0.3, -0.25) is 0 Å². The highest BCUT2D eigenvalue weighted by molar-refractivity contribution is 7.27. The van der Waals surface area contributed by atoms with Gasteiger partial charge in [-0.15, -0.1) is 11.3 Å². The first-order chi connectivity index (χ1) is 20.8. The average molecular weight is 556 g/mol. The predicted octanol–water partition coefficient (Wildman–Crippen LogP) is 10.4. The highest BCUT2D eigenvalue weighted by atomic mass is 32.1. The summed E-state index contributed by atoms with van der Waals surface area (Å²) in [5, 5.41) is 7.26. The zero-order valence-corrected chi connectivity index (χ0v) is 23.1. The summed E-state index contributed by atoms with van der Waals surface area (Å²) >= 11 is 1.86. The zero-order valence-electron chi connectivity index (χ0n) is 22.3. The predicted molar refractivity (Wildman–Crippen MR) is 175 cm³/mol. The Morgan fingerprint density at radius 3 is 2.40 bits per heavy atom. The molecule has 0 radical (unpaired) electrons. The molecule has 5 aromatic carbocycles. The number of nitrogens with zero attached hydrogens (tertiary/aromatic N) is 3. The van der Waals surface area contributed by atoms with Crippen LogP contribution in [-0.2, 0) is 0 Å². The van der Waals surface area contributed by atoms with Crippen molar-refractivity contribution < 1.29 is 4.42 Å². The van der Waals surface area contributed by atoms with Crippen LogP contribution in [0.25, 0.3) is 86.5 Å². The van der Waals surface area contributed by atoms with Gasteiger partial charge in [-0.05, 0) is 42.5 Å². The lowest BCUT2D eigenvalue weighted by atomic mass is 10.0. The minimum atomic E-state index is 0.921. The Labute approximate surface area is 243 Å². The van der Waals surface area contributed by atoms with Gasteiger partial charge in [0.15, 0.2) is 0 Å². The van der Waals surface area contributed by atoms with Gasteiger partial charge in [-0.25, -0.2) is 4.98 Å². The zero-order chi connectivity index (χ0) is 27.4. The first kappa shape index (κ1) is 22.3. The molecule has 0 fully saturated rings. The molecule has 5 heterocycles. The average Bonchev–Trinajstić information content (AvgIpc) is 3.80. The maximum atomic E-state index is 6.73. The molecule has 0 saturated carbocycles. The number of furan rings is 1. The maximum Gasteiger partial charge on any atom is 0.146 e. The summed E-state index contributed by atoms with van der Waals surface area (Å²) < 4.78 is 13.8. The summed E-state index contributed by atoms with van der Waals surface area (Å²) in [5.74, 6) is 0. The fourth-order valence-electron chi connectivity index (χ4n) is 6.76. The lowest BCUT2D eigenvalue weighted by Crippen LogP contribution is -1.95. The van der Waals surface area contributed by atoms with Crippen LogP contribution in [0, 0.1) is 0 Å². The van der Waals surface area contributed by atoms with Crippen LogP contribution in [0.2, 0.25) is 0 Å². The van der Waals surface area contributed by atoms with Gasteiger partial charge in [0.05, 0.1) is 22.1 Å². The third-order valence-electron chi connectivity index (χ3n) is 8.52. The van der Waals surface area contributed by atoms with E-state index in [1.165, 1.54) is 36.5 Å². The highest BCUT2D eigenvalue weighted by Crippen LogP contribution is 2.50. The topological polar surface area (TPSA) is 35.4 Å². The number of hydrogen-bond donors (Lipinski definition) is 0. The molecule has 0 aliphatic rings. The van der Waals surface area contributed by atoms with E-state index in [0.29, 0.717) is 0 Å². The third-order valence-corrected chi connectivity index (χ3v) is 9.71. The summed E-state index contributed by atoms with van der Waals surface area (Å²) in [6.45, 7) is 0. The van der Waals surface area contributed by atoms with Crippen LogP contribution in [0.3, 0.4) is 0 Å². The van der Waals surface area contributed by atoms with E-state index < -0.39 is 0 Å². The molecule has 0 amide bonds. The van der Waals surface area contributed by atoms with Gasteiger partial charge in [0.2, 0.25) is 0 Å². The molecule has 0 aliphatic heterocycles. The van der Waals surface area contributed by atoms with Crippen molar-refractivity contribution in [3.05, 3.63) is 128 Å². The van der Waals surface area contributed by atoms with Crippen LogP contribution in [0.15, 0.2) is 132 Å². The van der Waals surface area contributed by atoms with Gasteiger partial charge in [-0.1, -0.05) is 72.8 Å². The molecule has 0 atom stereocenters. The summed E-state index contributed by atoms with van der Waals surface area (Å²) in [4.78, 5) is 4.92. The molecule has 0 N–H and O–H groups in total. The van der Waals surface area contributed by atoms with Crippen molar-refractivity contribution in [2.45, 2.75) is 0 Å². The standard InChI is InChI=1S/C37H21N3OS/c1-4-15-28-24(12-1)32-35(40(28)23-11-9-10-22(20-23)27-21-39-19-8-7-18-31(39)38-27)33-26-14-3-6-17-30(26)42-37(33)34-25-13-2-5-16-29(25)41-36(32)34/h1-21H. The quantitative estimate of drug-likeness (QED) is 0.213. The van der Waals surface area contributed by atoms with Gasteiger partial charge in [0, 0.05) is 60.0 Å². The van der Waals surface area contributed by atoms with E-state index in [2.05, 4.69) is 112 Å². The lowest BCUT2D eigenvalue weighted by molar-refractivity contribution is 0.673. The van der Waals surface area contributed by atoms with Crippen molar-refractivity contribution >= 4 is 80.9 Å². The second kappa shape index (κ2) is 8.09. The van der Waals surface area contributed by atoms with Crippen LogP contribution < -0.4 is 0 Å². The van der Waals surface area contributed by atoms with Crippen molar-refractivity contribution in [2.24, 2.45) is 0 Å². The normalized spacial score (nSPS) is 12.3. The number of aromatic nitrogens is 3. The molecule has 42 heavy (non-hydrogen) atoms. The summed E-state index contributed by atoms with van der Waals surface area (Å²) in [6, 6.07) is 40.8. The van der Waals surface area contributed by atoms with Gasteiger partial charge in [0.1, 0.15) is 16.8 Å². The highest BCUT2D eigenvalue weighted by Gasteiger charge is 2.25. The second-order valence-electron chi connectivity index (χ2n) is 10.8. The van der Waals surface area contributed by atoms with E-state index >= 15 is 0 Å². The Hall–Kier alpha value is -5.39. The van der Waals surface area contributed by atoms with Crippen LogP contribution in [0.4, 0.5) is 0 Å². The van der Waals surface area contributed by atoms with Crippen molar-refractivity contribution in [2.75, 3.05) is 0 Å². The molecule has 4 nitrogen and oxygen atoms in total. The number of thiophene rings is 1. The Kier molecular flexibility index (Phi) is 4.30. The van der Waals surface area contributed by atoms with Gasteiger partial charge in [-0.2, -0.15) is 0 Å². The van der Waals surface area contributed by atoms with Crippen LogP contribution in [0.5, 0.6) is 0 Å². The second-order valence-corrected chi connectivity index (χ2v) is 11.9. The largest absolute Gasteiger partial charge is 0.455 e. The van der Waals surface area contributed by atoms with Crippen LogP contribution >= 0.6 is 11.3 Å². The first-order valence-corrected chi connectivity index (χ1v) is 14.9. The fourth-order valence-corrected chi connectivity index (χ4v) is 8.02. The molecule has 0 saturated heterocycles. The van der Waals surface area contributed by atoms with Crippen molar-refractivity contribution in [3.8, 4) is 16.9 Å². The van der Waals surface area contributed by atoms with Crippen LogP contribution in [0.1, 0.15) is 0 Å². The van der Waals surface area contributed by atoms with Gasteiger partial charge < -0.3 is 13.4 Å².